The lowest BCUT2D eigenvalue weighted by atomic mass is 9.96. The van der Waals surface area contributed by atoms with E-state index in [2.05, 4.69) is 15.2 Å². The van der Waals surface area contributed by atoms with Crippen molar-refractivity contribution in [3.63, 3.8) is 0 Å². The molecule has 0 saturated carbocycles. The number of thiophene rings is 1. The molecule has 1 heterocycles. The van der Waals surface area contributed by atoms with Gasteiger partial charge < -0.3 is 0 Å². The maximum Gasteiger partial charge on any atom is 0.272 e. The van der Waals surface area contributed by atoms with Crippen molar-refractivity contribution < 1.29 is 13.2 Å². The fourth-order valence-corrected chi connectivity index (χ4v) is 4.63. The molecule has 1 aromatic carbocycles. The summed E-state index contributed by atoms with van der Waals surface area (Å²) >= 11 is 1.65. The maximum absolute atomic E-state index is 12.4. The quantitative estimate of drug-likeness (QED) is 0.606. The molecular weight excluding hydrogens is 370 g/mol. The van der Waals surface area contributed by atoms with Crippen molar-refractivity contribution >= 4 is 38.7 Å². The monoisotopic (exact) mass is 391 g/mol. The van der Waals surface area contributed by atoms with Crippen LogP contribution in [0.25, 0.3) is 0 Å². The first kappa shape index (κ1) is 18.6. The zero-order valence-corrected chi connectivity index (χ0v) is 16.3. The number of sulfonamides is 1. The molecule has 1 aromatic heterocycles. The van der Waals surface area contributed by atoms with Crippen molar-refractivity contribution in [2.24, 2.45) is 5.10 Å². The van der Waals surface area contributed by atoms with Gasteiger partial charge in [0.05, 0.1) is 17.5 Å². The molecule has 2 aromatic rings. The van der Waals surface area contributed by atoms with E-state index in [1.807, 2.05) is 5.38 Å². The number of amides is 1. The van der Waals surface area contributed by atoms with Crippen molar-refractivity contribution in [2.45, 2.75) is 32.6 Å². The van der Waals surface area contributed by atoms with Gasteiger partial charge in [0.25, 0.3) is 5.91 Å². The van der Waals surface area contributed by atoms with Gasteiger partial charge in [-0.2, -0.15) is 5.10 Å². The average molecular weight is 392 g/mol. The summed E-state index contributed by atoms with van der Waals surface area (Å²) in [6.07, 6.45) is 5.44. The number of hydrogen-bond acceptors (Lipinski definition) is 5. The van der Waals surface area contributed by atoms with Gasteiger partial charge in [0.15, 0.2) is 0 Å². The predicted molar refractivity (Wildman–Crippen MR) is 106 cm³/mol. The highest BCUT2D eigenvalue weighted by atomic mass is 32.2. The molecular formula is C18H21N3O3S2. The number of hydrogen-bond donors (Lipinski definition) is 2. The lowest BCUT2D eigenvalue weighted by Gasteiger charge is -2.12. The molecule has 1 amide bonds. The highest BCUT2D eigenvalue weighted by Crippen LogP contribution is 2.30. The van der Waals surface area contributed by atoms with Crippen LogP contribution in [-0.2, 0) is 22.9 Å². The molecule has 0 spiro atoms. The highest BCUT2D eigenvalue weighted by molar-refractivity contribution is 7.92. The van der Waals surface area contributed by atoms with E-state index < -0.39 is 10.0 Å². The second-order valence-corrected chi connectivity index (χ2v) is 9.06. The Morgan fingerprint density at radius 3 is 2.54 bits per heavy atom. The molecule has 1 aliphatic rings. The van der Waals surface area contributed by atoms with Crippen molar-refractivity contribution in [3.8, 4) is 0 Å². The van der Waals surface area contributed by atoms with E-state index in [0.717, 1.165) is 36.6 Å². The van der Waals surface area contributed by atoms with Crippen LogP contribution in [0.15, 0.2) is 34.7 Å². The van der Waals surface area contributed by atoms with Gasteiger partial charge in [-0.3, -0.25) is 9.52 Å². The fraction of sp³-hybridized carbons (Fsp3) is 0.333. The summed E-state index contributed by atoms with van der Waals surface area (Å²) in [5.41, 5.74) is 6.46. The van der Waals surface area contributed by atoms with Crippen LogP contribution < -0.4 is 10.1 Å². The molecule has 1 aliphatic carbocycles. The molecule has 0 saturated heterocycles. The smallest absolute Gasteiger partial charge is 0.272 e. The molecule has 0 radical (unpaired) electrons. The Balaban J connectivity index is 1.68. The Morgan fingerprint density at radius 1 is 1.15 bits per heavy atom. The minimum Gasteiger partial charge on any atom is -0.284 e. The average Bonchev–Trinajstić information content (AvgIpc) is 3.03. The molecule has 8 heteroatoms. The van der Waals surface area contributed by atoms with E-state index in [1.165, 1.54) is 16.9 Å². The van der Waals surface area contributed by atoms with Crippen LogP contribution in [0, 0.1) is 0 Å². The third kappa shape index (κ3) is 4.50. The van der Waals surface area contributed by atoms with Gasteiger partial charge in [-0.25, -0.2) is 13.8 Å². The van der Waals surface area contributed by atoms with Gasteiger partial charge in [0.2, 0.25) is 10.0 Å². The largest absolute Gasteiger partial charge is 0.284 e. The van der Waals surface area contributed by atoms with Crippen LogP contribution in [0.1, 0.15) is 46.1 Å². The minimum atomic E-state index is -3.30. The first-order valence-corrected chi connectivity index (χ1v) is 11.1. The third-order valence-corrected chi connectivity index (χ3v) is 5.93. The molecule has 0 bridgehead atoms. The van der Waals surface area contributed by atoms with Crippen LogP contribution >= 0.6 is 11.3 Å². The zero-order valence-electron chi connectivity index (χ0n) is 14.7. The summed E-state index contributed by atoms with van der Waals surface area (Å²) in [5, 5.41) is 6.11. The molecule has 3 rings (SSSR count). The summed E-state index contributed by atoms with van der Waals surface area (Å²) < 4.78 is 24.9. The highest BCUT2D eigenvalue weighted by Gasteiger charge is 2.19. The Morgan fingerprint density at radius 2 is 1.85 bits per heavy atom. The second-order valence-electron chi connectivity index (χ2n) is 6.35. The molecule has 2 N–H and O–H groups in total. The van der Waals surface area contributed by atoms with Crippen molar-refractivity contribution in [3.05, 3.63) is 51.2 Å². The fourth-order valence-electron chi connectivity index (χ4n) is 2.94. The van der Waals surface area contributed by atoms with E-state index >= 15 is 0 Å². The molecule has 26 heavy (non-hydrogen) atoms. The van der Waals surface area contributed by atoms with Gasteiger partial charge in [-0.15, -0.1) is 11.3 Å². The Bertz CT molecular complexity index is 945. The number of nitrogens with one attached hydrogen (secondary N) is 2. The molecule has 6 nitrogen and oxygen atoms in total. The molecule has 0 atom stereocenters. The number of anilines is 1. The van der Waals surface area contributed by atoms with Crippen molar-refractivity contribution in [2.75, 3.05) is 11.0 Å². The molecule has 0 aliphatic heterocycles. The van der Waals surface area contributed by atoms with E-state index in [-0.39, 0.29) is 5.91 Å². The molecule has 0 fully saturated rings. The second kappa shape index (κ2) is 7.59. The van der Waals surface area contributed by atoms with E-state index in [4.69, 9.17) is 0 Å². The zero-order chi connectivity index (χ0) is 18.7. The standard InChI is InChI=1S/C18H21N3O3S2/c1-12(13-7-9-14(10-8-13)21-26(2,23)24)19-20-18(22)16-11-25-17-6-4-3-5-15(16)17/h7-11,21H,3-6H2,1-2H3,(H,20,22). The number of carbonyl (C=O) groups excluding carboxylic acids is 1. The lowest BCUT2D eigenvalue weighted by Crippen LogP contribution is -2.20. The number of rotatable bonds is 5. The van der Waals surface area contributed by atoms with E-state index in [1.54, 1.807) is 42.5 Å². The number of benzene rings is 1. The van der Waals surface area contributed by atoms with Gasteiger partial charge in [0, 0.05) is 15.9 Å². The van der Waals surface area contributed by atoms with Crippen LogP contribution in [0.3, 0.4) is 0 Å². The minimum absolute atomic E-state index is 0.181. The number of nitrogens with zero attached hydrogens (tertiary/aromatic N) is 1. The van der Waals surface area contributed by atoms with Gasteiger partial charge >= 0.3 is 0 Å². The van der Waals surface area contributed by atoms with Crippen LogP contribution in [0.4, 0.5) is 5.69 Å². The number of hydrazone groups is 1. The van der Waals surface area contributed by atoms with E-state index in [0.29, 0.717) is 11.4 Å². The summed E-state index contributed by atoms with van der Waals surface area (Å²) in [4.78, 5) is 13.8. The Hall–Kier alpha value is -2.19. The van der Waals surface area contributed by atoms with Gasteiger partial charge in [-0.1, -0.05) is 12.1 Å². The van der Waals surface area contributed by atoms with E-state index in [9.17, 15) is 13.2 Å². The Kier molecular flexibility index (Phi) is 5.43. The van der Waals surface area contributed by atoms with Crippen LogP contribution in [0.5, 0.6) is 0 Å². The van der Waals surface area contributed by atoms with Gasteiger partial charge in [-0.05, 0) is 55.9 Å². The first-order chi connectivity index (χ1) is 12.3. The lowest BCUT2D eigenvalue weighted by molar-refractivity contribution is 0.0954. The molecule has 0 unspecified atom stereocenters. The predicted octanol–water partition coefficient (Wildman–Crippen LogP) is 3.15. The normalized spacial score (nSPS) is 14.6. The van der Waals surface area contributed by atoms with Crippen molar-refractivity contribution in [1.82, 2.24) is 5.43 Å². The first-order valence-electron chi connectivity index (χ1n) is 8.35. The number of aryl methyl sites for hydroxylation is 1. The number of fused-ring (bicyclic) bond motifs is 1. The van der Waals surface area contributed by atoms with Crippen LogP contribution in [0.2, 0.25) is 0 Å². The van der Waals surface area contributed by atoms with Crippen molar-refractivity contribution in [1.29, 1.82) is 0 Å². The summed E-state index contributed by atoms with van der Waals surface area (Å²) in [5.74, 6) is -0.181. The molecule has 138 valence electrons. The maximum atomic E-state index is 12.4. The van der Waals surface area contributed by atoms with Gasteiger partial charge in [0.1, 0.15) is 0 Å². The summed E-state index contributed by atoms with van der Waals surface area (Å²) in [6, 6.07) is 6.83. The number of carbonyl (C=O) groups is 1. The third-order valence-electron chi connectivity index (χ3n) is 4.24. The summed E-state index contributed by atoms with van der Waals surface area (Å²) in [7, 11) is -3.30. The Labute approximate surface area is 157 Å². The SMILES string of the molecule is CC(=NNC(=O)c1csc2c1CCCC2)c1ccc(NS(C)(=O)=O)cc1. The summed E-state index contributed by atoms with van der Waals surface area (Å²) in [6.45, 7) is 1.79. The topological polar surface area (TPSA) is 87.6 Å². The van der Waals surface area contributed by atoms with Crippen LogP contribution in [-0.4, -0.2) is 26.3 Å².